The van der Waals surface area contributed by atoms with Gasteiger partial charge in [0, 0.05) is 0 Å². The van der Waals surface area contributed by atoms with Crippen molar-refractivity contribution >= 4 is 17.5 Å². The highest BCUT2D eigenvalue weighted by molar-refractivity contribution is 6.33. The zero-order chi connectivity index (χ0) is 14.6. The largest absolute Gasteiger partial charge is 0.508 e. The van der Waals surface area contributed by atoms with Gasteiger partial charge in [-0.05, 0) is 31.0 Å². The van der Waals surface area contributed by atoms with Crippen LogP contribution in [0.5, 0.6) is 5.75 Å². The fourth-order valence-electron chi connectivity index (χ4n) is 2.57. The molecule has 20 heavy (non-hydrogen) atoms. The standard InChI is InChI=1S/C15H17ClN2O2/c16-13-6-5-11(19)9-12(13)14(20)18-15(10-17)7-3-1-2-4-8-15/h5-6,9,19H,1-4,7-8H2,(H,18,20). The summed E-state index contributed by atoms with van der Waals surface area (Å²) in [6, 6.07) is 6.47. The van der Waals surface area contributed by atoms with Gasteiger partial charge in [-0.2, -0.15) is 5.26 Å². The SMILES string of the molecule is N#CC1(NC(=O)c2cc(O)ccc2Cl)CCCCCC1. The van der Waals surface area contributed by atoms with Crippen LogP contribution in [0.4, 0.5) is 0 Å². The summed E-state index contributed by atoms with van der Waals surface area (Å²) in [6.45, 7) is 0. The Labute approximate surface area is 123 Å². The number of halogens is 1. The molecule has 1 fully saturated rings. The van der Waals surface area contributed by atoms with E-state index < -0.39 is 11.4 Å². The number of nitriles is 1. The molecule has 0 heterocycles. The number of aromatic hydroxyl groups is 1. The Morgan fingerprint density at radius 3 is 2.55 bits per heavy atom. The van der Waals surface area contributed by atoms with E-state index >= 15 is 0 Å². The summed E-state index contributed by atoms with van der Waals surface area (Å²) in [5.74, 6) is -0.430. The number of hydrogen-bond acceptors (Lipinski definition) is 3. The van der Waals surface area contributed by atoms with Crippen molar-refractivity contribution in [1.82, 2.24) is 5.32 Å². The normalized spacial score (nSPS) is 17.8. The van der Waals surface area contributed by atoms with E-state index in [0.717, 1.165) is 25.7 Å². The number of benzene rings is 1. The first-order chi connectivity index (χ1) is 9.56. The first kappa shape index (κ1) is 14.7. The molecule has 0 bridgehead atoms. The lowest BCUT2D eigenvalue weighted by molar-refractivity contribution is 0.0912. The second kappa shape index (κ2) is 6.15. The molecular formula is C15H17ClN2O2. The van der Waals surface area contributed by atoms with Crippen LogP contribution in [-0.4, -0.2) is 16.6 Å². The maximum absolute atomic E-state index is 12.3. The Bertz CT molecular complexity index is 543. The van der Waals surface area contributed by atoms with Crippen LogP contribution in [0.3, 0.4) is 0 Å². The summed E-state index contributed by atoms with van der Waals surface area (Å²) in [4.78, 5) is 12.3. The summed E-state index contributed by atoms with van der Waals surface area (Å²) in [7, 11) is 0. The fourth-order valence-corrected chi connectivity index (χ4v) is 2.77. The summed E-state index contributed by atoms with van der Waals surface area (Å²) >= 11 is 5.97. The number of carbonyl (C=O) groups is 1. The van der Waals surface area contributed by atoms with Crippen LogP contribution in [0.15, 0.2) is 18.2 Å². The quantitative estimate of drug-likeness (QED) is 0.821. The van der Waals surface area contributed by atoms with E-state index in [4.69, 9.17) is 11.6 Å². The molecule has 0 spiro atoms. The number of rotatable bonds is 2. The van der Waals surface area contributed by atoms with E-state index in [9.17, 15) is 15.2 Å². The lowest BCUT2D eigenvalue weighted by atomic mass is 9.91. The number of hydrogen-bond donors (Lipinski definition) is 2. The lowest BCUT2D eigenvalue weighted by Crippen LogP contribution is -2.47. The zero-order valence-corrected chi connectivity index (χ0v) is 11.9. The van der Waals surface area contributed by atoms with Crippen LogP contribution >= 0.6 is 11.6 Å². The molecule has 0 unspecified atom stereocenters. The maximum atomic E-state index is 12.3. The Balaban J connectivity index is 2.21. The molecule has 1 aliphatic carbocycles. The van der Waals surface area contributed by atoms with Crippen molar-refractivity contribution in [2.45, 2.75) is 44.1 Å². The molecule has 5 heteroatoms. The molecule has 1 amide bonds. The summed E-state index contributed by atoms with van der Waals surface area (Å²) < 4.78 is 0. The van der Waals surface area contributed by atoms with E-state index in [0.29, 0.717) is 12.8 Å². The predicted octanol–water partition coefficient (Wildman–Crippen LogP) is 3.39. The highest BCUT2D eigenvalue weighted by atomic mass is 35.5. The molecule has 106 valence electrons. The van der Waals surface area contributed by atoms with Crippen molar-refractivity contribution in [3.05, 3.63) is 28.8 Å². The average molecular weight is 293 g/mol. The minimum absolute atomic E-state index is 0.0218. The van der Waals surface area contributed by atoms with Crippen molar-refractivity contribution in [3.63, 3.8) is 0 Å². The number of phenols is 1. The monoisotopic (exact) mass is 292 g/mol. The molecule has 1 aliphatic rings. The zero-order valence-electron chi connectivity index (χ0n) is 11.2. The van der Waals surface area contributed by atoms with Gasteiger partial charge in [0.25, 0.3) is 5.91 Å². The smallest absolute Gasteiger partial charge is 0.254 e. The molecule has 1 aromatic carbocycles. The number of nitrogens with one attached hydrogen (secondary N) is 1. The number of nitrogens with zero attached hydrogens (tertiary/aromatic N) is 1. The van der Waals surface area contributed by atoms with Crippen LogP contribution in [-0.2, 0) is 0 Å². The van der Waals surface area contributed by atoms with Gasteiger partial charge >= 0.3 is 0 Å². The molecule has 4 nitrogen and oxygen atoms in total. The van der Waals surface area contributed by atoms with Gasteiger partial charge < -0.3 is 10.4 Å². The number of amides is 1. The molecular weight excluding hydrogens is 276 g/mol. The molecule has 0 radical (unpaired) electrons. The van der Waals surface area contributed by atoms with Crippen molar-refractivity contribution in [1.29, 1.82) is 5.26 Å². The van der Waals surface area contributed by atoms with E-state index in [1.165, 1.54) is 18.2 Å². The highest BCUT2D eigenvalue weighted by Gasteiger charge is 2.33. The highest BCUT2D eigenvalue weighted by Crippen LogP contribution is 2.28. The Morgan fingerprint density at radius 2 is 1.95 bits per heavy atom. The van der Waals surface area contributed by atoms with Crippen LogP contribution in [0, 0.1) is 11.3 Å². The molecule has 2 rings (SSSR count). The first-order valence-corrected chi connectivity index (χ1v) is 7.16. The van der Waals surface area contributed by atoms with Crippen molar-refractivity contribution in [2.75, 3.05) is 0 Å². The van der Waals surface area contributed by atoms with E-state index in [1.54, 1.807) is 0 Å². The minimum atomic E-state index is -0.817. The van der Waals surface area contributed by atoms with Crippen LogP contribution in [0.1, 0.15) is 48.9 Å². The van der Waals surface area contributed by atoms with Gasteiger partial charge in [0.1, 0.15) is 11.3 Å². The van der Waals surface area contributed by atoms with E-state index in [2.05, 4.69) is 11.4 Å². The molecule has 0 saturated heterocycles. The Morgan fingerprint density at radius 1 is 1.30 bits per heavy atom. The summed E-state index contributed by atoms with van der Waals surface area (Å²) in [6.07, 6.45) is 5.36. The molecule has 2 N–H and O–H groups in total. The minimum Gasteiger partial charge on any atom is -0.508 e. The molecule has 1 saturated carbocycles. The average Bonchev–Trinajstić information content (AvgIpc) is 2.67. The Kier molecular flexibility index (Phi) is 4.51. The van der Waals surface area contributed by atoms with Crippen molar-refractivity contribution < 1.29 is 9.90 Å². The fraction of sp³-hybridized carbons (Fsp3) is 0.467. The maximum Gasteiger partial charge on any atom is 0.254 e. The third kappa shape index (κ3) is 3.23. The van der Waals surface area contributed by atoms with Gasteiger partial charge in [0.2, 0.25) is 0 Å². The van der Waals surface area contributed by atoms with Crippen LogP contribution in [0.2, 0.25) is 5.02 Å². The summed E-state index contributed by atoms with van der Waals surface area (Å²) in [5, 5.41) is 22.0. The third-order valence-corrected chi connectivity index (χ3v) is 4.05. The van der Waals surface area contributed by atoms with E-state index in [1.807, 2.05) is 0 Å². The lowest BCUT2D eigenvalue weighted by Gasteiger charge is -2.26. The van der Waals surface area contributed by atoms with Crippen LogP contribution < -0.4 is 5.32 Å². The molecule has 0 atom stereocenters. The number of carbonyl (C=O) groups excluding carboxylic acids is 1. The van der Waals surface area contributed by atoms with Crippen molar-refractivity contribution in [3.8, 4) is 11.8 Å². The first-order valence-electron chi connectivity index (χ1n) is 6.79. The predicted molar refractivity (Wildman–Crippen MR) is 76.6 cm³/mol. The topological polar surface area (TPSA) is 73.1 Å². The van der Waals surface area contributed by atoms with Gasteiger partial charge in [0.15, 0.2) is 0 Å². The van der Waals surface area contributed by atoms with Gasteiger partial charge in [-0.1, -0.05) is 37.3 Å². The van der Waals surface area contributed by atoms with Gasteiger partial charge in [-0.15, -0.1) is 0 Å². The molecule has 0 aliphatic heterocycles. The van der Waals surface area contributed by atoms with Gasteiger partial charge in [-0.25, -0.2) is 0 Å². The number of phenolic OH excluding ortho intramolecular Hbond substituents is 1. The Hall–Kier alpha value is -1.73. The molecule has 1 aromatic rings. The second-order valence-corrected chi connectivity index (χ2v) is 5.63. The van der Waals surface area contributed by atoms with Gasteiger partial charge in [-0.3, -0.25) is 4.79 Å². The molecule has 0 aromatic heterocycles. The summed E-state index contributed by atoms with van der Waals surface area (Å²) in [5.41, 5.74) is -0.618. The van der Waals surface area contributed by atoms with E-state index in [-0.39, 0.29) is 16.3 Å². The second-order valence-electron chi connectivity index (χ2n) is 5.23. The van der Waals surface area contributed by atoms with Crippen molar-refractivity contribution in [2.24, 2.45) is 0 Å². The van der Waals surface area contributed by atoms with Crippen LogP contribution in [0.25, 0.3) is 0 Å². The van der Waals surface area contributed by atoms with Gasteiger partial charge in [0.05, 0.1) is 16.7 Å². The third-order valence-electron chi connectivity index (χ3n) is 3.72.